The van der Waals surface area contributed by atoms with Crippen LogP contribution >= 0.6 is 11.6 Å². The molecule has 1 aromatic carbocycles. The second-order valence-electron chi connectivity index (χ2n) is 6.68. The normalized spacial score (nSPS) is 26.7. The van der Waals surface area contributed by atoms with Crippen molar-refractivity contribution in [3.8, 4) is 0 Å². The first-order valence-electron chi connectivity index (χ1n) is 8.47. The Morgan fingerprint density at radius 3 is 2.57 bits per heavy atom. The lowest BCUT2D eigenvalue weighted by Gasteiger charge is -2.41. The van der Waals surface area contributed by atoms with E-state index in [1.165, 1.54) is 44.2 Å². The molecule has 2 atom stereocenters. The minimum absolute atomic E-state index is 0.482. The quantitative estimate of drug-likeness (QED) is 0.898. The van der Waals surface area contributed by atoms with Crippen molar-refractivity contribution in [1.82, 2.24) is 10.2 Å². The molecule has 0 aromatic heterocycles. The van der Waals surface area contributed by atoms with E-state index in [1.54, 1.807) is 0 Å². The average Bonchev–Trinajstić information content (AvgIpc) is 2.56. The topological polar surface area (TPSA) is 15.3 Å². The number of hydrogen-bond donors (Lipinski definition) is 1. The number of benzene rings is 1. The van der Waals surface area contributed by atoms with Crippen LogP contribution < -0.4 is 5.32 Å². The van der Waals surface area contributed by atoms with Gasteiger partial charge in [0.2, 0.25) is 0 Å². The van der Waals surface area contributed by atoms with Gasteiger partial charge >= 0.3 is 0 Å². The third-order valence-electron chi connectivity index (χ3n) is 5.36. The Balaban J connectivity index is 1.63. The number of nitrogens with zero attached hydrogens (tertiary/aromatic N) is 1. The van der Waals surface area contributed by atoms with E-state index in [0.29, 0.717) is 12.1 Å². The zero-order chi connectivity index (χ0) is 14.7. The van der Waals surface area contributed by atoms with E-state index in [0.717, 1.165) is 24.0 Å². The smallest absolute Gasteiger partial charge is 0.0406 e. The molecule has 1 aliphatic heterocycles. The third-order valence-corrected chi connectivity index (χ3v) is 5.61. The van der Waals surface area contributed by atoms with E-state index < -0.39 is 0 Å². The van der Waals surface area contributed by atoms with Gasteiger partial charge in [-0.1, -0.05) is 43.0 Å². The van der Waals surface area contributed by atoms with E-state index in [9.17, 15) is 0 Å². The molecule has 3 rings (SSSR count). The van der Waals surface area contributed by atoms with Crippen molar-refractivity contribution >= 4 is 11.6 Å². The zero-order valence-electron chi connectivity index (χ0n) is 13.0. The minimum atomic E-state index is 0.482. The van der Waals surface area contributed by atoms with Crippen molar-refractivity contribution in [1.29, 1.82) is 0 Å². The average molecular weight is 307 g/mol. The summed E-state index contributed by atoms with van der Waals surface area (Å²) in [6.07, 6.45) is 7.13. The van der Waals surface area contributed by atoms with E-state index in [-0.39, 0.29) is 0 Å². The number of halogens is 1. The molecule has 2 fully saturated rings. The van der Waals surface area contributed by atoms with Crippen LogP contribution in [0.5, 0.6) is 0 Å². The van der Waals surface area contributed by atoms with Gasteiger partial charge in [0.05, 0.1) is 0 Å². The van der Waals surface area contributed by atoms with Crippen molar-refractivity contribution in [3.63, 3.8) is 0 Å². The van der Waals surface area contributed by atoms with Crippen LogP contribution in [0.3, 0.4) is 0 Å². The molecule has 0 bridgehead atoms. The van der Waals surface area contributed by atoms with Crippen LogP contribution in [0, 0.1) is 5.92 Å². The maximum atomic E-state index is 6.00. The summed E-state index contributed by atoms with van der Waals surface area (Å²) in [6.45, 7) is 5.78. The first kappa shape index (κ1) is 15.3. The van der Waals surface area contributed by atoms with Gasteiger partial charge < -0.3 is 5.32 Å². The van der Waals surface area contributed by atoms with E-state index in [2.05, 4.69) is 29.3 Å². The Bertz CT molecular complexity index is 439. The highest BCUT2D eigenvalue weighted by atomic mass is 35.5. The van der Waals surface area contributed by atoms with Crippen molar-refractivity contribution in [2.24, 2.45) is 5.92 Å². The Kier molecular flexibility index (Phi) is 5.20. The van der Waals surface area contributed by atoms with Crippen molar-refractivity contribution in [2.45, 2.75) is 51.1 Å². The van der Waals surface area contributed by atoms with Gasteiger partial charge in [-0.05, 0) is 43.4 Å². The van der Waals surface area contributed by atoms with Gasteiger partial charge in [0.15, 0.2) is 0 Å². The maximum Gasteiger partial charge on any atom is 0.0406 e. The summed E-state index contributed by atoms with van der Waals surface area (Å²) in [7, 11) is 0. The molecule has 0 amide bonds. The molecule has 1 N–H and O–H groups in total. The van der Waals surface area contributed by atoms with Crippen LogP contribution in [0.2, 0.25) is 5.02 Å². The predicted molar refractivity (Wildman–Crippen MR) is 89.8 cm³/mol. The number of piperazine rings is 1. The maximum absolute atomic E-state index is 6.00. The molecule has 1 saturated heterocycles. The van der Waals surface area contributed by atoms with Crippen LogP contribution in [-0.2, 0) is 0 Å². The fourth-order valence-electron chi connectivity index (χ4n) is 3.96. The second kappa shape index (κ2) is 7.13. The molecule has 1 aliphatic carbocycles. The Labute approximate surface area is 133 Å². The highest BCUT2D eigenvalue weighted by Crippen LogP contribution is 2.30. The highest BCUT2D eigenvalue weighted by molar-refractivity contribution is 6.30. The summed E-state index contributed by atoms with van der Waals surface area (Å²) in [6, 6.07) is 9.53. The number of hydrogen-bond acceptors (Lipinski definition) is 2. The molecule has 21 heavy (non-hydrogen) atoms. The van der Waals surface area contributed by atoms with E-state index in [4.69, 9.17) is 11.6 Å². The molecule has 1 heterocycles. The van der Waals surface area contributed by atoms with Crippen molar-refractivity contribution in [3.05, 3.63) is 34.9 Å². The van der Waals surface area contributed by atoms with Gasteiger partial charge in [-0.2, -0.15) is 0 Å². The fourth-order valence-corrected chi connectivity index (χ4v) is 4.08. The molecular weight excluding hydrogens is 280 g/mol. The second-order valence-corrected chi connectivity index (χ2v) is 7.12. The Morgan fingerprint density at radius 2 is 1.86 bits per heavy atom. The summed E-state index contributed by atoms with van der Waals surface area (Å²) in [5, 5.41) is 4.60. The SMILES string of the molecule is CC(c1ccc(Cl)cc1)N1CCNC(C2CCCCC2)C1. The Morgan fingerprint density at radius 1 is 1.14 bits per heavy atom. The van der Waals surface area contributed by atoms with Crippen LogP contribution in [-0.4, -0.2) is 30.6 Å². The zero-order valence-corrected chi connectivity index (χ0v) is 13.8. The first-order valence-corrected chi connectivity index (χ1v) is 8.85. The van der Waals surface area contributed by atoms with Crippen LogP contribution in [0.4, 0.5) is 0 Å². The molecule has 1 aromatic rings. The number of rotatable bonds is 3. The lowest BCUT2D eigenvalue weighted by Crippen LogP contribution is -2.54. The highest BCUT2D eigenvalue weighted by Gasteiger charge is 2.30. The molecular formula is C18H27ClN2. The summed E-state index contributed by atoms with van der Waals surface area (Å²) in [5.74, 6) is 0.888. The van der Waals surface area contributed by atoms with Crippen LogP contribution in [0.15, 0.2) is 24.3 Å². The molecule has 2 nitrogen and oxygen atoms in total. The largest absolute Gasteiger partial charge is 0.311 e. The van der Waals surface area contributed by atoms with Crippen LogP contribution in [0.1, 0.15) is 50.6 Å². The monoisotopic (exact) mass is 306 g/mol. The van der Waals surface area contributed by atoms with Gasteiger partial charge in [0.25, 0.3) is 0 Å². The van der Waals surface area contributed by atoms with E-state index >= 15 is 0 Å². The molecule has 3 heteroatoms. The molecule has 0 radical (unpaired) electrons. The Hall–Kier alpha value is -0.570. The molecule has 116 valence electrons. The number of nitrogens with one attached hydrogen (secondary N) is 1. The summed E-state index contributed by atoms with van der Waals surface area (Å²) in [4.78, 5) is 2.64. The minimum Gasteiger partial charge on any atom is -0.311 e. The van der Waals surface area contributed by atoms with Gasteiger partial charge in [0.1, 0.15) is 0 Å². The van der Waals surface area contributed by atoms with Crippen LogP contribution in [0.25, 0.3) is 0 Å². The summed E-state index contributed by atoms with van der Waals surface area (Å²) >= 11 is 6.00. The van der Waals surface area contributed by atoms with Gasteiger partial charge in [-0.3, -0.25) is 4.90 Å². The lowest BCUT2D eigenvalue weighted by atomic mass is 9.83. The predicted octanol–water partition coefficient (Wildman–Crippen LogP) is 4.26. The first-order chi connectivity index (χ1) is 10.2. The molecule has 2 aliphatic rings. The van der Waals surface area contributed by atoms with Crippen molar-refractivity contribution in [2.75, 3.05) is 19.6 Å². The van der Waals surface area contributed by atoms with Crippen molar-refractivity contribution < 1.29 is 0 Å². The molecule has 2 unspecified atom stereocenters. The molecule has 0 spiro atoms. The van der Waals surface area contributed by atoms with Gasteiger partial charge in [-0.15, -0.1) is 0 Å². The van der Waals surface area contributed by atoms with E-state index in [1.807, 2.05) is 12.1 Å². The summed E-state index contributed by atoms with van der Waals surface area (Å²) < 4.78 is 0. The molecule has 1 saturated carbocycles. The standard InChI is InChI=1S/C18H27ClN2/c1-14(15-7-9-17(19)10-8-15)21-12-11-20-18(13-21)16-5-3-2-4-6-16/h7-10,14,16,18,20H,2-6,11-13H2,1H3. The lowest BCUT2D eigenvalue weighted by molar-refractivity contribution is 0.115. The summed E-state index contributed by atoms with van der Waals surface area (Å²) in [5.41, 5.74) is 1.38. The third kappa shape index (κ3) is 3.80. The fraction of sp³-hybridized carbons (Fsp3) is 0.667. The van der Waals surface area contributed by atoms with Gasteiger partial charge in [0, 0.05) is 36.7 Å². The van der Waals surface area contributed by atoms with Gasteiger partial charge in [-0.25, -0.2) is 0 Å².